The van der Waals surface area contributed by atoms with Gasteiger partial charge in [0.1, 0.15) is 17.8 Å². The first-order valence-corrected chi connectivity index (χ1v) is 14.6. The number of rotatable bonds is 8. The van der Waals surface area contributed by atoms with Gasteiger partial charge in [0, 0.05) is 17.7 Å². The van der Waals surface area contributed by atoms with E-state index in [1.807, 2.05) is 39.0 Å². The molecule has 1 fully saturated rings. The predicted octanol–water partition coefficient (Wildman–Crippen LogP) is 6.61. The highest BCUT2D eigenvalue weighted by molar-refractivity contribution is 8.15. The largest absolute Gasteiger partial charge is 0.573 e. The number of urea groups is 1. The first-order chi connectivity index (χ1) is 21.4. The number of carbonyl (C=O) groups is 2. The molecule has 45 heavy (non-hydrogen) atoms. The maximum atomic E-state index is 12.9. The topological polar surface area (TPSA) is 131 Å². The van der Waals surface area contributed by atoms with E-state index in [0.717, 1.165) is 35.0 Å². The van der Waals surface area contributed by atoms with E-state index in [2.05, 4.69) is 25.1 Å². The molecular weight excluding hydrogens is 613 g/mol. The van der Waals surface area contributed by atoms with Crippen molar-refractivity contribution < 1.29 is 37.3 Å². The molecule has 234 valence electrons. The van der Waals surface area contributed by atoms with E-state index in [4.69, 9.17) is 4.74 Å². The number of thioether (sulfide) groups is 1. The predicted molar refractivity (Wildman–Crippen MR) is 163 cm³/mol. The van der Waals surface area contributed by atoms with Crippen LogP contribution in [-0.4, -0.2) is 55.7 Å². The second-order valence-corrected chi connectivity index (χ2v) is 10.7. The first-order valence-electron chi connectivity index (χ1n) is 13.6. The zero-order valence-electron chi connectivity index (χ0n) is 24.2. The third-order valence-corrected chi connectivity index (χ3v) is 7.49. The van der Waals surface area contributed by atoms with Crippen LogP contribution in [0.2, 0.25) is 0 Å². The summed E-state index contributed by atoms with van der Waals surface area (Å²) in [7, 11) is 0. The van der Waals surface area contributed by atoms with Crippen molar-refractivity contribution in [1.82, 2.24) is 14.8 Å². The van der Waals surface area contributed by atoms with Gasteiger partial charge in [-0.1, -0.05) is 23.9 Å². The third-order valence-electron chi connectivity index (χ3n) is 6.57. The molecule has 0 bridgehead atoms. The van der Waals surface area contributed by atoms with Crippen molar-refractivity contribution in [3.63, 3.8) is 0 Å². The zero-order chi connectivity index (χ0) is 32.3. The summed E-state index contributed by atoms with van der Waals surface area (Å²) in [5.41, 5.74) is 3.19. The minimum atomic E-state index is -4.80. The number of aryl methyl sites for hydroxylation is 1. The molecule has 1 aromatic heterocycles. The van der Waals surface area contributed by atoms with Crippen molar-refractivity contribution in [2.45, 2.75) is 33.2 Å². The average molecular weight is 641 g/mol. The van der Waals surface area contributed by atoms with Crippen molar-refractivity contribution >= 4 is 40.2 Å². The van der Waals surface area contributed by atoms with Gasteiger partial charge < -0.3 is 19.9 Å². The van der Waals surface area contributed by atoms with E-state index >= 15 is 0 Å². The van der Waals surface area contributed by atoms with Crippen LogP contribution in [0.3, 0.4) is 0 Å². The number of halogens is 3. The van der Waals surface area contributed by atoms with Crippen LogP contribution >= 0.6 is 11.8 Å². The summed E-state index contributed by atoms with van der Waals surface area (Å²) in [6.07, 6.45) is -3.74. The molecule has 1 saturated heterocycles. The van der Waals surface area contributed by atoms with Crippen LogP contribution in [0.1, 0.15) is 31.1 Å². The van der Waals surface area contributed by atoms with Crippen LogP contribution in [-0.2, 0) is 9.53 Å². The maximum Gasteiger partial charge on any atom is 0.573 e. The number of amides is 3. The molecule has 4 aromatic rings. The van der Waals surface area contributed by atoms with Gasteiger partial charge in [0.05, 0.1) is 28.9 Å². The maximum absolute atomic E-state index is 12.9. The zero-order valence-corrected chi connectivity index (χ0v) is 25.0. The number of benzene rings is 3. The molecule has 3 amide bonds. The lowest BCUT2D eigenvalue weighted by atomic mass is 10.0. The highest BCUT2D eigenvalue weighted by Crippen LogP contribution is 2.35. The number of phenolic OH excluding ortho intramolecular Hbond substituents is 1. The van der Waals surface area contributed by atoms with Crippen molar-refractivity contribution in [3.05, 3.63) is 78.1 Å². The van der Waals surface area contributed by atoms with E-state index in [9.17, 15) is 27.9 Å². The lowest BCUT2D eigenvalue weighted by molar-refractivity contribution is -0.274. The highest BCUT2D eigenvalue weighted by atomic mass is 32.2. The average Bonchev–Trinajstić information content (AvgIpc) is 3.61. The Morgan fingerprint density at radius 3 is 2.60 bits per heavy atom. The monoisotopic (exact) mass is 640 g/mol. The molecule has 1 unspecified atom stereocenters. The Kier molecular flexibility index (Phi) is 9.11. The van der Waals surface area contributed by atoms with Gasteiger partial charge in [-0.2, -0.15) is 4.99 Å². The molecule has 2 heterocycles. The van der Waals surface area contributed by atoms with Crippen LogP contribution in [0.5, 0.6) is 11.5 Å². The lowest BCUT2D eigenvalue weighted by Gasteiger charge is -2.23. The van der Waals surface area contributed by atoms with E-state index in [1.54, 1.807) is 6.07 Å². The van der Waals surface area contributed by atoms with E-state index in [0.29, 0.717) is 23.5 Å². The van der Waals surface area contributed by atoms with Crippen LogP contribution in [0.15, 0.2) is 72.0 Å². The number of alkyl halides is 3. The molecule has 1 aliphatic rings. The summed E-state index contributed by atoms with van der Waals surface area (Å²) in [4.78, 5) is 35.6. The number of hydrogen-bond donors (Lipinski definition) is 2. The van der Waals surface area contributed by atoms with Gasteiger partial charge in [-0.15, -0.1) is 18.3 Å². The van der Waals surface area contributed by atoms with Gasteiger partial charge in [-0.05, 0) is 74.9 Å². The van der Waals surface area contributed by atoms with Crippen molar-refractivity contribution in [3.8, 4) is 28.6 Å². The molecule has 3 aromatic carbocycles. The van der Waals surface area contributed by atoms with E-state index < -0.39 is 12.4 Å². The van der Waals surface area contributed by atoms with Crippen LogP contribution in [0.4, 0.5) is 29.3 Å². The molecule has 11 nitrogen and oxygen atoms in total. The first kappa shape index (κ1) is 31.5. The van der Waals surface area contributed by atoms with Gasteiger partial charge >= 0.3 is 12.4 Å². The normalized spacial score (nSPS) is 15.0. The Hall–Kier alpha value is -4.89. The summed E-state index contributed by atoms with van der Waals surface area (Å²) in [6.45, 7) is 6.15. The molecule has 5 rings (SSSR count). The molecule has 0 spiro atoms. The van der Waals surface area contributed by atoms with Crippen LogP contribution in [0, 0.1) is 6.92 Å². The number of nitrogens with zero attached hydrogens (tertiary/aromatic N) is 5. The fourth-order valence-corrected chi connectivity index (χ4v) is 5.40. The molecule has 2 N–H and O–H groups in total. The van der Waals surface area contributed by atoms with Gasteiger partial charge in [-0.3, -0.25) is 9.69 Å². The van der Waals surface area contributed by atoms with Gasteiger partial charge in [0.25, 0.3) is 0 Å². The molecule has 0 saturated carbocycles. The summed E-state index contributed by atoms with van der Waals surface area (Å²) in [5, 5.41) is 17.7. The quantitative estimate of drug-likeness (QED) is 0.206. The smallest absolute Gasteiger partial charge is 0.506 e. The molecule has 15 heteroatoms. The minimum Gasteiger partial charge on any atom is -0.506 e. The number of anilines is 2. The number of aromatic nitrogens is 3. The molecule has 0 aliphatic carbocycles. The number of aromatic hydroxyl groups is 1. The minimum absolute atomic E-state index is 0.0647. The molecular formula is C30H27F3N6O5S. The summed E-state index contributed by atoms with van der Waals surface area (Å²) < 4.78 is 48.2. The highest BCUT2D eigenvalue weighted by Gasteiger charge is 2.33. The Balaban J connectivity index is 1.31. The Morgan fingerprint density at radius 1 is 1.16 bits per heavy atom. The second kappa shape index (κ2) is 13.0. The third kappa shape index (κ3) is 7.44. The van der Waals surface area contributed by atoms with Gasteiger partial charge in [0.15, 0.2) is 11.0 Å². The number of aliphatic imine (C=N–C) groups is 1. The summed E-state index contributed by atoms with van der Waals surface area (Å²) >= 11 is 1.13. The van der Waals surface area contributed by atoms with Gasteiger partial charge in [0.2, 0.25) is 5.91 Å². The fourth-order valence-electron chi connectivity index (χ4n) is 4.54. The second-order valence-electron chi connectivity index (χ2n) is 9.79. The number of hydrogen-bond acceptors (Lipinski definition) is 8. The van der Waals surface area contributed by atoms with Crippen LogP contribution < -0.4 is 15.0 Å². The van der Waals surface area contributed by atoms with E-state index in [-0.39, 0.29) is 45.9 Å². The van der Waals surface area contributed by atoms with Crippen molar-refractivity contribution in [1.29, 1.82) is 0 Å². The van der Waals surface area contributed by atoms with Crippen molar-refractivity contribution in [2.75, 3.05) is 22.6 Å². The number of amidine groups is 1. The Labute approximate surface area is 259 Å². The summed E-state index contributed by atoms with van der Waals surface area (Å²) in [6, 6.07) is 14.3. The van der Waals surface area contributed by atoms with Crippen LogP contribution in [0.25, 0.3) is 17.1 Å². The SMILES string of the molecule is CCOC(C)c1ccc(C)cc1N1C(=O)CS/C1=N\C(=O)Nc1ccc(-c2ncn(-c3ccc(OC(F)(F)F)cc3)n2)cc1O. The summed E-state index contributed by atoms with van der Waals surface area (Å²) in [5.74, 6) is -0.573. The molecule has 1 aliphatic heterocycles. The Morgan fingerprint density at radius 2 is 1.91 bits per heavy atom. The number of nitrogens with one attached hydrogen (secondary N) is 1. The number of ether oxygens (including phenoxy) is 2. The fraction of sp³-hybridized carbons (Fsp3) is 0.233. The Bertz CT molecular complexity index is 1760. The number of phenols is 1. The lowest BCUT2D eigenvalue weighted by Crippen LogP contribution is -2.31. The standard InChI is InChI=1S/C30H27F3N6O5S/c1-4-43-18(3)22-11-5-17(2)13-24(22)39-26(41)15-45-29(39)36-28(42)35-23-12-6-19(14-25(23)40)27-34-16-38(37-27)20-7-9-21(10-8-20)44-30(31,32)33/h5-14,16,18,40H,4,15H2,1-3H3,(H,35,42)/b36-29-. The number of carbonyl (C=O) groups excluding carboxylic acids is 2. The van der Waals surface area contributed by atoms with E-state index in [1.165, 1.54) is 40.2 Å². The van der Waals surface area contributed by atoms with Crippen molar-refractivity contribution in [2.24, 2.45) is 4.99 Å². The molecule has 1 atom stereocenters. The molecule has 0 radical (unpaired) electrons. The van der Waals surface area contributed by atoms with Gasteiger partial charge in [-0.25, -0.2) is 14.5 Å².